The number of halogens is 3. The standard InChI is InChI=1S/C8H9F3N4OS/c1-15-7(4(3-13-15)6(12)17)14-5(16)2-8(9,10)11/h3H,2H2,1H3,(H2,12,17)(H,14,16). The van der Waals surface area contributed by atoms with Gasteiger partial charge in [0, 0.05) is 7.05 Å². The molecule has 1 amide bonds. The smallest absolute Gasteiger partial charge is 0.389 e. The highest BCUT2D eigenvalue weighted by Gasteiger charge is 2.31. The van der Waals surface area contributed by atoms with Crippen molar-refractivity contribution < 1.29 is 18.0 Å². The number of hydrogen-bond acceptors (Lipinski definition) is 3. The van der Waals surface area contributed by atoms with Crippen LogP contribution in [0.5, 0.6) is 0 Å². The predicted octanol–water partition coefficient (Wildman–Crippen LogP) is 0.945. The van der Waals surface area contributed by atoms with Crippen LogP contribution in [0.15, 0.2) is 6.20 Å². The van der Waals surface area contributed by atoms with E-state index in [-0.39, 0.29) is 16.4 Å². The second kappa shape index (κ2) is 4.70. The van der Waals surface area contributed by atoms with Crippen LogP contribution in [-0.2, 0) is 11.8 Å². The molecular formula is C8H9F3N4OS. The van der Waals surface area contributed by atoms with E-state index in [9.17, 15) is 18.0 Å². The molecule has 0 aliphatic carbocycles. The molecule has 0 aliphatic heterocycles. The van der Waals surface area contributed by atoms with Crippen LogP contribution in [0.4, 0.5) is 19.0 Å². The number of nitrogens with two attached hydrogens (primary N) is 1. The van der Waals surface area contributed by atoms with Crippen molar-refractivity contribution in [3.8, 4) is 0 Å². The van der Waals surface area contributed by atoms with Gasteiger partial charge in [-0.3, -0.25) is 9.48 Å². The van der Waals surface area contributed by atoms with Crippen molar-refractivity contribution >= 4 is 28.9 Å². The number of carbonyl (C=O) groups excluding carboxylic acids is 1. The number of carbonyl (C=O) groups is 1. The third kappa shape index (κ3) is 3.70. The molecular weight excluding hydrogens is 257 g/mol. The van der Waals surface area contributed by atoms with Crippen molar-refractivity contribution in [3.05, 3.63) is 11.8 Å². The minimum atomic E-state index is -4.56. The SMILES string of the molecule is Cn1ncc(C(N)=S)c1NC(=O)CC(F)(F)F. The van der Waals surface area contributed by atoms with E-state index in [1.54, 1.807) is 0 Å². The predicted molar refractivity (Wildman–Crippen MR) is 58.4 cm³/mol. The highest BCUT2D eigenvalue weighted by Crippen LogP contribution is 2.21. The van der Waals surface area contributed by atoms with Crippen LogP contribution in [0, 0.1) is 0 Å². The van der Waals surface area contributed by atoms with Crippen LogP contribution in [0.1, 0.15) is 12.0 Å². The molecule has 0 saturated carbocycles. The molecule has 0 aliphatic rings. The summed E-state index contributed by atoms with van der Waals surface area (Å²) in [4.78, 5) is 11.0. The molecule has 0 bridgehead atoms. The maximum Gasteiger partial charge on any atom is 0.397 e. The zero-order valence-electron chi connectivity index (χ0n) is 8.71. The van der Waals surface area contributed by atoms with Gasteiger partial charge in [0.2, 0.25) is 5.91 Å². The van der Waals surface area contributed by atoms with Gasteiger partial charge in [-0.05, 0) is 0 Å². The Hall–Kier alpha value is -1.64. The molecule has 5 nitrogen and oxygen atoms in total. The first-order valence-corrected chi connectivity index (χ1v) is 4.80. The molecule has 17 heavy (non-hydrogen) atoms. The molecule has 0 saturated heterocycles. The molecule has 0 atom stereocenters. The van der Waals surface area contributed by atoms with Gasteiger partial charge in [0.25, 0.3) is 0 Å². The van der Waals surface area contributed by atoms with Crippen molar-refractivity contribution in [2.24, 2.45) is 12.8 Å². The maximum atomic E-state index is 12.0. The third-order valence-electron chi connectivity index (χ3n) is 1.82. The average Bonchev–Trinajstić information content (AvgIpc) is 2.44. The molecule has 0 spiro atoms. The summed E-state index contributed by atoms with van der Waals surface area (Å²) in [5.74, 6) is -1.15. The van der Waals surface area contributed by atoms with Gasteiger partial charge < -0.3 is 11.1 Å². The number of amides is 1. The minimum Gasteiger partial charge on any atom is -0.389 e. The normalized spacial score (nSPS) is 11.3. The van der Waals surface area contributed by atoms with Crippen LogP contribution in [0.2, 0.25) is 0 Å². The molecule has 1 heterocycles. The summed E-state index contributed by atoms with van der Waals surface area (Å²) in [7, 11) is 1.45. The zero-order chi connectivity index (χ0) is 13.2. The van der Waals surface area contributed by atoms with Gasteiger partial charge in [-0.1, -0.05) is 12.2 Å². The van der Waals surface area contributed by atoms with E-state index in [0.29, 0.717) is 0 Å². The van der Waals surface area contributed by atoms with Gasteiger partial charge in [0.15, 0.2) is 0 Å². The number of nitrogens with one attached hydrogen (secondary N) is 1. The Balaban J connectivity index is 2.85. The van der Waals surface area contributed by atoms with Crippen molar-refractivity contribution in [2.45, 2.75) is 12.6 Å². The van der Waals surface area contributed by atoms with Crippen molar-refractivity contribution in [2.75, 3.05) is 5.32 Å². The molecule has 3 N–H and O–H groups in total. The summed E-state index contributed by atoms with van der Waals surface area (Å²) in [6, 6.07) is 0. The Bertz CT molecular complexity index is 454. The number of rotatable bonds is 3. The van der Waals surface area contributed by atoms with E-state index in [2.05, 4.69) is 22.6 Å². The van der Waals surface area contributed by atoms with E-state index >= 15 is 0 Å². The quantitative estimate of drug-likeness (QED) is 0.799. The Morgan fingerprint density at radius 3 is 2.71 bits per heavy atom. The van der Waals surface area contributed by atoms with Crippen LogP contribution < -0.4 is 11.1 Å². The Kier molecular flexibility index (Phi) is 3.71. The zero-order valence-corrected chi connectivity index (χ0v) is 9.52. The topological polar surface area (TPSA) is 72.9 Å². The molecule has 0 aromatic carbocycles. The largest absolute Gasteiger partial charge is 0.397 e. The number of hydrogen-bond donors (Lipinski definition) is 2. The maximum absolute atomic E-state index is 12.0. The van der Waals surface area contributed by atoms with Crippen molar-refractivity contribution in [1.29, 1.82) is 0 Å². The molecule has 1 rings (SSSR count). The molecule has 1 aromatic rings. The Labute approximate surface area is 99.8 Å². The lowest BCUT2D eigenvalue weighted by Gasteiger charge is -2.09. The summed E-state index contributed by atoms with van der Waals surface area (Å²) < 4.78 is 37.1. The number of aromatic nitrogens is 2. The molecule has 1 aromatic heterocycles. The van der Waals surface area contributed by atoms with Gasteiger partial charge in [-0.15, -0.1) is 0 Å². The van der Waals surface area contributed by atoms with E-state index in [0.717, 1.165) is 0 Å². The summed E-state index contributed by atoms with van der Waals surface area (Å²) in [5, 5.41) is 5.81. The first-order chi connectivity index (χ1) is 7.70. The summed E-state index contributed by atoms with van der Waals surface area (Å²) in [6.45, 7) is 0. The Morgan fingerprint density at radius 2 is 2.24 bits per heavy atom. The van der Waals surface area contributed by atoms with Gasteiger partial charge in [-0.2, -0.15) is 18.3 Å². The first-order valence-electron chi connectivity index (χ1n) is 4.39. The number of nitrogens with zero attached hydrogens (tertiary/aromatic N) is 2. The van der Waals surface area contributed by atoms with Crippen LogP contribution >= 0.6 is 12.2 Å². The fourth-order valence-electron chi connectivity index (χ4n) is 1.12. The molecule has 0 unspecified atom stereocenters. The third-order valence-corrected chi connectivity index (χ3v) is 2.04. The van der Waals surface area contributed by atoms with Gasteiger partial charge in [0.05, 0.1) is 11.8 Å². The van der Waals surface area contributed by atoms with Gasteiger partial charge >= 0.3 is 6.18 Å². The molecule has 0 fully saturated rings. The summed E-state index contributed by atoms with van der Waals surface area (Å²) in [6.07, 6.45) is -4.87. The second-order valence-electron chi connectivity index (χ2n) is 3.23. The van der Waals surface area contributed by atoms with E-state index in [4.69, 9.17) is 5.73 Å². The number of thiocarbonyl (C=S) groups is 1. The number of aryl methyl sites for hydroxylation is 1. The van der Waals surface area contributed by atoms with Gasteiger partial charge in [0.1, 0.15) is 17.2 Å². The molecule has 9 heteroatoms. The molecule has 0 radical (unpaired) electrons. The number of alkyl halides is 3. The fourth-order valence-corrected chi connectivity index (χ4v) is 1.27. The first kappa shape index (κ1) is 13.4. The van der Waals surface area contributed by atoms with E-state index in [1.807, 2.05) is 0 Å². The lowest BCUT2D eigenvalue weighted by atomic mass is 10.3. The van der Waals surface area contributed by atoms with E-state index in [1.165, 1.54) is 17.9 Å². The monoisotopic (exact) mass is 266 g/mol. The summed E-state index contributed by atoms with van der Waals surface area (Å²) in [5.41, 5.74) is 5.56. The fraction of sp³-hybridized carbons (Fsp3) is 0.375. The van der Waals surface area contributed by atoms with Crippen molar-refractivity contribution in [1.82, 2.24) is 9.78 Å². The van der Waals surface area contributed by atoms with E-state index < -0.39 is 18.5 Å². The average molecular weight is 266 g/mol. The lowest BCUT2D eigenvalue weighted by molar-refractivity contribution is -0.150. The highest BCUT2D eigenvalue weighted by molar-refractivity contribution is 7.80. The number of anilines is 1. The van der Waals surface area contributed by atoms with Gasteiger partial charge in [-0.25, -0.2) is 0 Å². The second-order valence-corrected chi connectivity index (χ2v) is 3.67. The van der Waals surface area contributed by atoms with Crippen LogP contribution in [0.25, 0.3) is 0 Å². The lowest BCUT2D eigenvalue weighted by Crippen LogP contribution is -2.24. The minimum absolute atomic E-state index is 0.0479. The van der Waals surface area contributed by atoms with Crippen LogP contribution in [0.3, 0.4) is 0 Å². The highest BCUT2D eigenvalue weighted by atomic mass is 32.1. The molecule has 94 valence electrons. The van der Waals surface area contributed by atoms with Crippen LogP contribution in [-0.4, -0.2) is 26.9 Å². The van der Waals surface area contributed by atoms with Crippen molar-refractivity contribution in [3.63, 3.8) is 0 Å². The Morgan fingerprint density at radius 1 is 1.65 bits per heavy atom. The summed E-state index contributed by atoms with van der Waals surface area (Å²) >= 11 is 4.68.